The summed E-state index contributed by atoms with van der Waals surface area (Å²) in [5, 5.41) is 0.700. The zero-order valence-corrected chi connectivity index (χ0v) is 9.41. The van der Waals surface area contributed by atoms with Gasteiger partial charge in [0.1, 0.15) is 11.6 Å². The molecule has 0 unspecified atom stereocenters. The number of aryl methyl sites for hydroxylation is 1. The van der Waals surface area contributed by atoms with E-state index in [1.165, 1.54) is 0 Å². The van der Waals surface area contributed by atoms with E-state index in [0.717, 1.165) is 6.07 Å². The largest absolute Gasteiger partial charge is 0.207 e. The van der Waals surface area contributed by atoms with E-state index in [-0.39, 0.29) is 0 Å². The molecule has 0 amide bonds. The quantitative estimate of drug-likeness (QED) is 0.611. The van der Waals surface area contributed by atoms with Crippen molar-refractivity contribution in [2.45, 2.75) is 26.6 Å². The highest BCUT2D eigenvalue weighted by molar-refractivity contribution is 6.88. The third kappa shape index (κ3) is 2.15. The Labute approximate surface area is 78.6 Å². The minimum Gasteiger partial charge on any atom is -0.207 e. The maximum Gasteiger partial charge on any atom is 0.129 e. The fourth-order valence-corrected chi connectivity index (χ4v) is 2.67. The van der Waals surface area contributed by atoms with Crippen LogP contribution in [0.15, 0.2) is 12.1 Å². The molecule has 1 aromatic carbocycles. The SMILES string of the molecule is Cc1cc([Si](C)(C)C)c(F)cc1F. The monoisotopic (exact) mass is 200 g/mol. The molecule has 0 radical (unpaired) electrons. The van der Waals surface area contributed by atoms with Crippen LogP contribution in [0, 0.1) is 18.6 Å². The van der Waals surface area contributed by atoms with Gasteiger partial charge < -0.3 is 0 Å². The molecule has 0 bridgehead atoms. The zero-order chi connectivity index (χ0) is 10.2. The molecule has 0 fully saturated rings. The Kier molecular flexibility index (Phi) is 2.57. The molecule has 1 aromatic rings. The number of hydrogen-bond acceptors (Lipinski definition) is 0. The van der Waals surface area contributed by atoms with E-state index >= 15 is 0 Å². The van der Waals surface area contributed by atoms with Gasteiger partial charge in [-0.3, -0.25) is 0 Å². The fourth-order valence-electron chi connectivity index (χ4n) is 1.23. The predicted octanol–water partition coefficient (Wildman–Crippen LogP) is 2.82. The van der Waals surface area contributed by atoms with Crippen molar-refractivity contribution >= 4 is 13.3 Å². The summed E-state index contributed by atoms with van der Waals surface area (Å²) in [5.74, 6) is -0.859. The lowest BCUT2D eigenvalue weighted by molar-refractivity contribution is 0.582. The minimum absolute atomic E-state index is 0.401. The molecule has 0 aliphatic heterocycles. The number of halogens is 2. The van der Waals surface area contributed by atoms with Crippen molar-refractivity contribution in [1.82, 2.24) is 0 Å². The molecule has 0 saturated heterocycles. The highest BCUT2D eigenvalue weighted by Crippen LogP contribution is 2.11. The molecule has 0 atom stereocenters. The second-order valence-electron chi connectivity index (χ2n) is 4.33. The zero-order valence-electron chi connectivity index (χ0n) is 8.41. The lowest BCUT2D eigenvalue weighted by Gasteiger charge is -2.18. The van der Waals surface area contributed by atoms with Gasteiger partial charge in [0, 0.05) is 6.07 Å². The molecule has 0 aliphatic carbocycles. The Bertz CT molecular complexity index is 326. The van der Waals surface area contributed by atoms with Crippen molar-refractivity contribution in [2.75, 3.05) is 0 Å². The summed E-state index contributed by atoms with van der Waals surface area (Å²) in [6.07, 6.45) is 0. The summed E-state index contributed by atoms with van der Waals surface area (Å²) in [7, 11) is -1.67. The van der Waals surface area contributed by atoms with Crippen molar-refractivity contribution in [1.29, 1.82) is 0 Å². The summed E-state index contributed by atoms with van der Waals surface area (Å²) < 4.78 is 26.2. The topological polar surface area (TPSA) is 0 Å². The lowest BCUT2D eigenvalue weighted by atomic mass is 10.2. The molecule has 0 aliphatic rings. The highest BCUT2D eigenvalue weighted by atomic mass is 28.3. The van der Waals surface area contributed by atoms with Crippen molar-refractivity contribution in [2.24, 2.45) is 0 Å². The maximum atomic E-state index is 13.3. The summed E-state index contributed by atoms with van der Waals surface area (Å²) in [6.45, 7) is 7.80. The van der Waals surface area contributed by atoms with Gasteiger partial charge in [-0.1, -0.05) is 25.7 Å². The second kappa shape index (κ2) is 3.22. The third-order valence-corrected chi connectivity index (χ3v) is 4.06. The lowest BCUT2D eigenvalue weighted by Crippen LogP contribution is -2.40. The minimum atomic E-state index is -1.67. The van der Waals surface area contributed by atoms with Gasteiger partial charge in [-0.15, -0.1) is 0 Å². The van der Waals surface area contributed by atoms with Gasteiger partial charge in [-0.05, 0) is 17.7 Å². The second-order valence-corrected chi connectivity index (χ2v) is 9.37. The van der Waals surface area contributed by atoms with Crippen molar-refractivity contribution in [3.63, 3.8) is 0 Å². The Hall–Kier alpha value is -0.703. The molecule has 0 heterocycles. The van der Waals surface area contributed by atoms with E-state index in [2.05, 4.69) is 0 Å². The highest BCUT2D eigenvalue weighted by Gasteiger charge is 2.21. The first kappa shape index (κ1) is 10.4. The number of benzene rings is 1. The van der Waals surface area contributed by atoms with Crippen LogP contribution < -0.4 is 5.19 Å². The van der Waals surface area contributed by atoms with Crippen LogP contribution >= 0.6 is 0 Å². The summed E-state index contributed by atoms with van der Waals surface area (Å²) in [6, 6.07) is 2.62. The summed E-state index contributed by atoms with van der Waals surface area (Å²) in [4.78, 5) is 0. The van der Waals surface area contributed by atoms with Crippen LogP contribution in [-0.2, 0) is 0 Å². The molecule has 0 aromatic heterocycles. The van der Waals surface area contributed by atoms with Crippen molar-refractivity contribution in [3.8, 4) is 0 Å². The van der Waals surface area contributed by atoms with E-state index in [9.17, 15) is 8.78 Å². The first-order valence-electron chi connectivity index (χ1n) is 4.28. The normalized spacial score (nSPS) is 11.8. The number of hydrogen-bond donors (Lipinski definition) is 0. The third-order valence-electron chi connectivity index (χ3n) is 2.06. The molecule has 3 heteroatoms. The smallest absolute Gasteiger partial charge is 0.129 e. The van der Waals surface area contributed by atoms with E-state index in [1.807, 2.05) is 19.6 Å². The maximum absolute atomic E-state index is 13.3. The van der Waals surface area contributed by atoms with Gasteiger partial charge in [-0.2, -0.15) is 0 Å². The van der Waals surface area contributed by atoms with Crippen molar-refractivity contribution in [3.05, 3.63) is 29.3 Å². The molecular formula is C10H14F2Si. The van der Waals surface area contributed by atoms with Gasteiger partial charge in [0.15, 0.2) is 0 Å². The van der Waals surface area contributed by atoms with Crippen LogP contribution in [0.2, 0.25) is 19.6 Å². The van der Waals surface area contributed by atoms with Gasteiger partial charge in [0.25, 0.3) is 0 Å². The van der Waals surface area contributed by atoms with E-state index in [0.29, 0.717) is 10.8 Å². The van der Waals surface area contributed by atoms with Gasteiger partial charge in [0.05, 0.1) is 8.07 Å². The molecular weight excluding hydrogens is 186 g/mol. The van der Waals surface area contributed by atoms with Crippen LogP contribution in [-0.4, -0.2) is 8.07 Å². The molecule has 0 spiro atoms. The Morgan fingerprint density at radius 3 is 2.00 bits per heavy atom. The van der Waals surface area contributed by atoms with Crippen molar-refractivity contribution < 1.29 is 8.78 Å². The average Bonchev–Trinajstić information content (AvgIpc) is 1.94. The van der Waals surface area contributed by atoms with Crippen LogP contribution in [0.3, 0.4) is 0 Å². The molecule has 0 saturated carbocycles. The van der Waals surface area contributed by atoms with Crippen LogP contribution in [0.5, 0.6) is 0 Å². The molecule has 13 heavy (non-hydrogen) atoms. The first-order chi connectivity index (χ1) is 5.82. The Morgan fingerprint density at radius 1 is 1.00 bits per heavy atom. The van der Waals surface area contributed by atoms with Gasteiger partial charge in [0.2, 0.25) is 0 Å². The first-order valence-corrected chi connectivity index (χ1v) is 7.78. The van der Waals surface area contributed by atoms with E-state index in [4.69, 9.17) is 0 Å². The fraction of sp³-hybridized carbons (Fsp3) is 0.400. The van der Waals surface area contributed by atoms with Gasteiger partial charge in [-0.25, -0.2) is 8.78 Å². The standard InChI is InChI=1S/C10H14F2Si/c1-7-5-10(13(2,3)4)9(12)6-8(7)11/h5-6H,1-4H3. The Morgan fingerprint density at radius 2 is 1.54 bits per heavy atom. The van der Waals surface area contributed by atoms with Crippen LogP contribution in [0.1, 0.15) is 5.56 Å². The summed E-state index contributed by atoms with van der Waals surface area (Å²) >= 11 is 0. The van der Waals surface area contributed by atoms with Gasteiger partial charge >= 0.3 is 0 Å². The molecule has 0 N–H and O–H groups in total. The van der Waals surface area contributed by atoms with E-state index in [1.54, 1.807) is 13.0 Å². The predicted molar refractivity (Wildman–Crippen MR) is 54.1 cm³/mol. The van der Waals surface area contributed by atoms with E-state index < -0.39 is 19.7 Å². The number of rotatable bonds is 1. The summed E-state index contributed by atoms with van der Waals surface area (Å²) in [5.41, 5.74) is 0.527. The average molecular weight is 200 g/mol. The molecule has 72 valence electrons. The Balaban J connectivity index is 3.32. The molecule has 0 nitrogen and oxygen atoms in total. The molecule has 1 rings (SSSR count). The van der Waals surface area contributed by atoms with Crippen LogP contribution in [0.25, 0.3) is 0 Å². The van der Waals surface area contributed by atoms with Crippen LogP contribution in [0.4, 0.5) is 8.78 Å².